The Balaban J connectivity index is 1.77. The van der Waals surface area contributed by atoms with Crippen LogP contribution >= 0.6 is 0 Å². The van der Waals surface area contributed by atoms with Crippen LogP contribution < -0.4 is 4.74 Å². The molecule has 0 spiro atoms. The zero-order chi connectivity index (χ0) is 19.3. The summed E-state index contributed by atoms with van der Waals surface area (Å²) in [5, 5.41) is 7.41. The molecule has 0 bridgehead atoms. The lowest BCUT2D eigenvalue weighted by atomic mass is 9.94. The largest absolute Gasteiger partial charge is 0.497 e. The maximum Gasteiger partial charge on any atom is 0.181 e. The fraction of sp³-hybridized carbons (Fsp3) is 0.0909. The van der Waals surface area contributed by atoms with Crippen molar-refractivity contribution in [1.29, 1.82) is 0 Å². The first kappa shape index (κ1) is 17.6. The first-order valence-corrected chi connectivity index (χ1v) is 8.81. The van der Waals surface area contributed by atoms with Crippen molar-refractivity contribution in [3.8, 4) is 17.1 Å². The zero-order valence-electron chi connectivity index (χ0n) is 15.2. The van der Waals surface area contributed by atoms with E-state index in [1.165, 1.54) is 0 Å². The molecule has 0 saturated heterocycles. The first-order chi connectivity index (χ1) is 13.8. The summed E-state index contributed by atoms with van der Waals surface area (Å²) in [6.07, 6.45) is 2.57. The lowest BCUT2D eigenvalue weighted by Crippen LogP contribution is -2.07. The molecule has 28 heavy (non-hydrogen) atoms. The summed E-state index contributed by atoms with van der Waals surface area (Å²) in [5.74, 6) is 1.79. The summed E-state index contributed by atoms with van der Waals surface area (Å²) in [5.41, 5.74) is 3.24. The van der Waals surface area contributed by atoms with Gasteiger partial charge in [-0.1, -0.05) is 36.4 Å². The molecule has 138 valence electrons. The molecule has 0 aliphatic rings. The molecule has 1 atom stereocenters. The average molecular weight is 370 g/mol. The number of carbonyl (C=O) groups excluding carboxylic acids is 1. The molecule has 0 aliphatic heterocycles. The second-order valence-corrected chi connectivity index (χ2v) is 6.25. The van der Waals surface area contributed by atoms with Gasteiger partial charge < -0.3 is 4.74 Å². The van der Waals surface area contributed by atoms with E-state index >= 15 is 0 Å². The van der Waals surface area contributed by atoms with Crippen LogP contribution in [0.25, 0.3) is 11.4 Å². The van der Waals surface area contributed by atoms with Gasteiger partial charge in [-0.15, -0.1) is 0 Å². The van der Waals surface area contributed by atoms with Crippen LogP contribution in [-0.4, -0.2) is 33.6 Å². The van der Waals surface area contributed by atoms with Crippen molar-refractivity contribution in [3.05, 3.63) is 95.6 Å². The van der Waals surface area contributed by atoms with E-state index in [0.717, 1.165) is 28.9 Å². The predicted octanol–water partition coefficient (Wildman–Crippen LogP) is 3.87. The van der Waals surface area contributed by atoms with E-state index in [1.807, 2.05) is 54.6 Å². The van der Waals surface area contributed by atoms with Crippen LogP contribution in [0.2, 0.25) is 0 Å². The molecule has 0 amide bonds. The SMILES string of the molecule is COc1ccc(C(c2ccccn2)c2nc(-c3cccc(C=O)c3)n[nH]2)cc1. The number of H-pyrrole nitrogens is 1. The Morgan fingerprint density at radius 1 is 1.04 bits per heavy atom. The number of ether oxygens (including phenoxy) is 1. The number of aromatic nitrogens is 4. The topological polar surface area (TPSA) is 80.8 Å². The van der Waals surface area contributed by atoms with E-state index in [-0.39, 0.29) is 5.92 Å². The van der Waals surface area contributed by atoms with E-state index in [0.29, 0.717) is 17.2 Å². The molecule has 0 radical (unpaired) electrons. The Labute approximate surface area is 162 Å². The summed E-state index contributed by atoms with van der Waals surface area (Å²) in [6.45, 7) is 0. The molecular formula is C22H18N4O2. The van der Waals surface area contributed by atoms with Crippen LogP contribution in [0.3, 0.4) is 0 Å². The van der Waals surface area contributed by atoms with Crippen molar-refractivity contribution in [2.75, 3.05) is 7.11 Å². The molecule has 1 unspecified atom stereocenters. The van der Waals surface area contributed by atoms with E-state index in [2.05, 4.69) is 15.2 Å². The highest BCUT2D eigenvalue weighted by molar-refractivity contribution is 5.77. The molecule has 6 heteroatoms. The molecule has 0 aliphatic carbocycles. The van der Waals surface area contributed by atoms with Gasteiger partial charge in [-0.25, -0.2) is 4.98 Å². The highest BCUT2D eigenvalue weighted by Gasteiger charge is 2.22. The van der Waals surface area contributed by atoms with Crippen molar-refractivity contribution in [3.63, 3.8) is 0 Å². The Hall–Kier alpha value is -3.80. The number of aldehydes is 1. The van der Waals surface area contributed by atoms with Gasteiger partial charge in [0.05, 0.1) is 18.7 Å². The molecule has 6 nitrogen and oxygen atoms in total. The maximum atomic E-state index is 11.1. The number of methoxy groups -OCH3 is 1. The molecule has 4 rings (SSSR count). The number of pyridine rings is 1. The highest BCUT2D eigenvalue weighted by atomic mass is 16.5. The number of nitrogens with one attached hydrogen (secondary N) is 1. The van der Waals surface area contributed by atoms with Crippen molar-refractivity contribution in [2.24, 2.45) is 0 Å². The summed E-state index contributed by atoms with van der Waals surface area (Å²) < 4.78 is 5.26. The van der Waals surface area contributed by atoms with E-state index in [4.69, 9.17) is 9.72 Å². The van der Waals surface area contributed by atoms with Crippen molar-refractivity contribution in [1.82, 2.24) is 20.2 Å². The fourth-order valence-corrected chi connectivity index (χ4v) is 3.10. The van der Waals surface area contributed by atoms with Crippen LogP contribution in [0.5, 0.6) is 5.75 Å². The minimum atomic E-state index is -0.206. The van der Waals surface area contributed by atoms with Crippen LogP contribution in [0.1, 0.15) is 33.4 Å². The minimum Gasteiger partial charge on any atom is -0.497 e. The molecule has 4 aromatic rings. The predicted molar refractivity (Wildman–Crippen MR) is 105 cm³/mol. The van der Waals surface area contributed by atoms with Crippen molar-refractivity contribution >= 4 is 6.29 Å². The zero-order valence-corrected chi connectivity index (χ0v) is 15.2. The van der Waals surface area contributed by atoms with Gasteiger partial charge in [0.15, 0.2) is 5.82 Å². The normalized spacial score (nSPS) is 11.8. The highest BCUT2D eigenvalue weighted by Crippen LogP contribution is 2.30. The molecule has 2 aromatic heterocycles. The minimum absolute atomic E-state index is 0.206. The maximum absolute atomic E-state index is 11.1. The smallest absolute Gasteiger partial charge is 0.181 e. The summed E-state index contributed by atoms with van der Waals surface area (Å²) >= 11 is 0. The fourth-order valence-electron chi connectivity index (χ4n) is 3.10. The summed E-state index contributed by atoms with van der Waals surface area (Å²) in [7, 11) is 1.64. The van der Waals surface area contributed by atoms with Crippen LogP contribution in [0.15, 0.2) is 72.9 Å². The molecular weight excluding hydrogens is 352 g/mol. The second kappa shape index (κ2) is 7.84. The van der Waals surface area contributed by atoms with Gasteiger partial charge in [0.25, 0.3) is 0 Å². The molecule has 0 fully saturated rings. The molecule has 1 N–H and O–H groups in total. The van der Waals surface area contributed by atoms with Crippen molar-refractivity contribution < 1.29 is 9.53 Å². The van der Waals surface area contributed by atoms with Gasteiger partial charge in [-0.2, -0.15) is 5.10 Å². The Morgan fingerprint density at radius 3 is 2.61 bits per heavy atom. The molecule has 0 saturated carbocycles. The quantitative estimate of drug-likeness (QED) is 0.521. The number of benzene rings is 2. The lowest BCUT2D eigenvalue weighted by molar-refractivity contribution is 0.112. The average Bonchev–Trinajstić information content (AvgIpc) is 3.25. The Bertz CT molecular complexity index is 1080. The van der Waals surface area contributed by atoms with Gasteiger partial charge in [-0.3, -0.25) is 14.9 Å². The third kappa shape index (κ3) is 3.53. The third-order valence-corrected chi connectivity index (χ3v) is 4.49. The first-order valence-electron chi connectivity index (χ1n) is 8.81. The Morgan fingerprint density at radius 2 is 1.89 bits per heavy atom. The number of rotatable bonds is 6. The number of hydrogen-bond donors (Lipinski definition) is 1. The summed E-state index contributed by atoms with van der Waals surface area (Å²) in [4.78, 5) is 20.3. The Kier molecular flexibility index (Phi) is 4.93. The van der Waals surface area contributed by atoms with Gasteiger partial charge in [0.1, 0.15) is 17.9 Å². The number of hydrogen-bond acceptors (Lipinski definition) is 5. The van der Waals surface area contributed by atoms with Crippen LogP contribution in [0, 0.1) is 0 Å². The van der Waals surface area contributed by atoms with E-state index < -0.39 is 0 Å². The van der Waals surface area contributed by atoms with Crippen molar-refractivity contribution in [2.45, 2.75) is 5.92 Å². The van der Waals surface area contributed by atoms with E-state index in [1.54, 1.807) is 25.4 Å². The second-order valence-electron chi connectivity index (χ2n) is 6.25. The standard InChI is InChI=1S/C22H18N4O2/c1-28-18-10-8-16(9-11-18)20(19-7-2-3-12-23-19)22-24-21(25-26-22)17-6-4-5-15(13-17)14-27/h2-14,20H,1H3,(H,24,25,26). The monoisotopic (exact) mass is 370 g/mol. The van der Waals surface area contributed by atoms with Crippen LogP contribution in [-0.2, 0) is 0 Å². The number of nitrogens with zero attached hydrogens (tertiary/aromatic N) is 3. The number of aromatic amines is 1. The van der Waals surface area contributed by atoms with Gasteiger partial charge in [0, 0.05) is 17.3 Å². The lowest BCUT2D eigenvalue weighted by Gasteiger charge is -2.14. The molecule has 2 heterocycles. The number of carbonyl (C=O) groups is 1. The van der Waals surface area contributed by atoms with Gasteiger partial charge >= 0.3 is 0 Å². The van der Waals surface area contributed by atoms with E-state index in [9.17, 15) is 4.79 Å². The van der Waals surface area contributed by atoms with Crippen LogP contribution in [0.4, 0.5) is 0 Å². The van der Waals surface area contributed by atoms with Gasteiger partial charge in [-0.05, 0) is 35.9 Å². The molecule has 2 aromatic carbocycles. The third-order valence-electron chi connectivity index (χ3n) is 4.49. The van der Waals surface area contributed by atoms with Gasteiger partial charge in [0.2, 0.25) is 0 Å². The summed E-state index contributed by atoms with van der Waals surface area (Å²) in [6, 6.07) is 20.8.